The van der Waals surface area contributed by atoms with Gasteiger partial charge in [0, 0.05) is 12.7 Å². The molecule has 0 aliphatic carbocycles. The largest absolute Gasteiger partial charge is 0.296 e. The maximum Gasteiger partial charge on any atom is 0.267 e. The van der Waals surface area contributed by atoms with Crippen LogP contribution in [-0.2, 0) is 6.54 Å². The molecule has 0 N–H and O–H groups in total. The first kappa shape index (κ1) is 11.8. The summed E-state index contributed by atoms with van der Waals surface area (Å²) in [7, 11) is 0. The van der Waals surface area contributed by atoms with Crippen LogP contribution in [0.4, 0.5) is 0 Å². The Bertz CT molecular complexity index is 364. The van der Waals surface area contributed by atoms with E-state index < -0.39 is 0 Å². The average molecular weight is 277 g/mol. The van der Waals surface area contributed by atoms with E-state index in [4.69, 9.17) is 0 Å². The summed E-state index contributed by atoms with van der Waals surface area (Å²) >= 11 is 7.31. The molecule has 14 heavy (non-hydrogen) atoms. The average Bonchev–Trinajstić information content (AvgIpc) is 2.18. The van der Waals surface area contributed by atoms with E-state index in [2.05, 4.69) is 33.5 Å². The van der Waals surface area contributed by atoms with Gasteiger partial charge in [0.2, 0.25) is 0 Å². The van der Waals surface area contributed by atoms with E-state index in [0.29, 0.717) is 4.47 Å². The van der Waals surface area contributed by atoms with Gasteiger partial charge in [-0.1, -0.05) is 0 Å². The Hall–Kier alpha value is -0.290. The maximum absolute atomic E-state index is 11.6. The lowest BCUT2D eigenvalue weighted by molar-refractivity contribution is 0.585. The minimum Gasteiger partial charge on any atom is -0.296 e. The lowest BCUT2D eigenvalue weighted by Crippen LogP contribution is -2.24. The van der Waals surface area contributed by atoms with E-state index >= 15 is 0 Å². The smallest absolute Gasteiger partial charge is 0.267 e. The number of hydrogen-bond acceptors (Lipinski definition) is 3. The zero-order valence-electron chi connectivity index (χ0n) is 8.03. The predicted molar refractivity (Wildman–Crippen MR) is 64.0 cm³/mol. The van der Waals surface area contributed by atoms with Gasteiger partial charge in [-0.15, -0.1) is 0 Å². The molecule has 0 bridgehead atoms. The molecule has 0 saturated heterocycles. The highest BCUT2D eigenvalue weighted by atomic mass is 79.9. The van der Waals surface area contributed by atoms with Crippen molar-refractivity contribution >= 4 is 28.6 Å². The number of nitrogens with zero attached hydrogens (tertiary/aromatic N) is 2. The van der Waals surface area contributed by atoms with Crippen LogP contribution < -0.4 is 5.56 Å². The second kappa shape index (κ2) is 5.56. The Morgan fingerprint density at radius 2 is 2.29 bits per heavy atom. The minimum absolute atomic E-state index is 0.00309. The summed E-state index contributed by atoms with van der Waals surface area (Å²) in [6.07, 6.45) is 3.52. The summed E-state index contributed by atoms with van der Waals surface area (Å²) in [6.45, 7) is 2.56. The lowest BCUT2D eigenvalue weighted by Gasteiger charge is -2.08. The van der Waals surface area contributed by atoms with Crippen LogP contribution in [0.5, 0.6) is 0 Å². The van der Waals surface area contributed by atoms with Crippen molar-refractivity contribution in [1.29, 1.82) is 0 Å². The third-order valence-electron chi connectivity index (χ3n) is 1.99. The molecule has 3 nitrogen and oxygen atoms in total. The van der Waals surface area contributed by atoms with Crippen molar-refractivity contribution in [2.75, 3.05) is 5.75 Å². The third kappa shape index (κ3) is 2.85. The zero-order valence-corrected chi connectivity index (χ0v) is 10.5. The lowest BCUT2D eigenvalue weighted by atomic mass is 10.3. The highest BCUT2D eigenvalue weighted by Gasteiger charge is 2.04. The molecule has 78 valence electrons. The van der Waals surface area contributed by atoms with Crippen LogP contribution in [0.3, 0.4) is 0 Å². The van der Waals surface area contributed by atoms with E-state index in [-0.39, 0.29) is 5.56 Å². The number of aryl methyl sites for hydroxylation is 1. The molecule has 0 amide bonds. The normalized spacial score (nSPS) is 10.5. The maximum atomic E-state index is 11.6. The number of unbranched alkanes of at least 4 members (excludes halogenated alkanes) is 1. The van der Waals surface area contributed by atoms with Crippen LogP contribution in [-0.4, -0.2) is 15.3 Å². The molecule has 0 radical (unpaired) electrons. The van der Waals surface area contributed by atoms with Gasteiger partial charge in [0.1, 0.15) is 10.3 Å². The molecule has 1 aromatic rings. The number of halogens is 1. The van der Waals surface area contributed by atoms with Crippen LogP contribution >= 0.6 is 28.6 Å². The summed E-state index contributed by atoms with van der Waals surface area (Å²) in [5, 5.41) is 0. The van der Waals surface area contributed by atoms with Gasteiger partial charge < -0.3 is 0 Å². The molecule has 1 aromatic heterocycles. The van der Waals surface area contributed by atoms with Crippen molar-refractivity contribution in [2.45, 2.75) is 26.3 Å². The summed E-state index contributed by atoms with van der Waals surface area (Å²) in [5.41, 5.74) is -0.00309. The van der Waals surface area contributed by atoms with Crippen LogP contribution in [0.15, 0.2) is 15.5 Å². The number of aromatic nitrogens is 2. The standard InChI is InChI=1S/C9H13BrN2OS/c1-7-11-6-8(10)9(13)12(7)4-2-3-5-14/h6,14H,2-5H2,1H3. The molecule has 5 heteroatoms. The summed E-state index contributed by atoms with van der Waals surface area (Å²) < 4.78 is 2.21. The highest BCUT2D eigenvalue weighted by molar-refractivity contribution is 9.10. The minimum atomic E-state index is -0.00309. The molecule has 0 unspecified atom stereocenters. The Labute approximate surface area is 97.1 Å². The number of thiol groups is 1. The first-order chi connectivity index (χ1) is 6.66. The molecule has 0 spiro atoms. The molecule has 1 rings (SSSR count). The van der Waals surface area contributed by atoms with Crippen molar-refractivity contribution in [2.24, 2.45) is 0 Å². The fraction of sp³-hybridized carbons (Fsp3) is 0.556. The van der Waals surface area contributed by atoms with Gasteiger partial charge >= 0.3 is 0 Å². The van der Waals surface area contributed by atoms with E-state index in [9.17, 15) is 4.79 Å². The molecule has 0 fully saturated rings. The van der Waals surface area contributed by atoms with Crippen molar-refractivity contribution in [1.82, 2.24) is 9.55 Å². The van der Waals surface area contributed by atoms with Gasteiger partial charge in [-0.05, 0) is 41.4 Å². The quantitative estimate of drug-likeness (QED) is 0.675. The van der Waals surface area contributed by atoms with Crippen molar-refractivity contribution in [3.63, 3.8) is 0 Å². The molecule has 0 aliphatic rings. The van der Waals surface area contributed by atoms with Gasteiger partial charge in [-0.2, -0.15) is 12.6 Å². The van der Waals surface area contributed by atoms with Crippen LogP contribution in [0.25, 0.3) is 0 Å². The second-order valence-electron chi connectivity index (χ2n) is 3.04. The van der Waals surface area contributed by atoms with Crippen molar-refractivity contribution in [3.05, 3.63) is 26.8 Å². The Morgan fingerprint density at radius 3 is 2.93 bits per heavy atom. The fourth-order valence-electron chi connectivity index (χ4n) is 1.20. The van der Waals surface area contributed by atoms with Crippen LogP contribution in [0.2, 0.25) is 0 Å². The molecular formula is C9H13BrN2OS. The van der Waals surface area contributed by atoms with E-state index in [1.807, 2.05) is 6.92 Å². The monoisotopic (exact) mass is 276 g/mol. The topological polar surface area (TPSA) is 34.9 Å². The molecule has 0 saturated carbocycles. The van der Waals surface area contributed by atoms with Gasteiger partial charge in [-0.25, -0.2) is 4.98 Å². The van der Waals surface area contributed by atoms with Gasteiger partial charge in [0.25, 0.3) is 5.56 Å². The Morgan fingerprint density at radius 1 is 1.57 bits per heavy atom. The Kier molecular flexibility index (Phi) is 4.68. The van der Waals surface area contributed by atoms with E-state index in [1.54, 1.807) is 10.8 Å². The Balaban J connectivity index is 2.84. The molecule has 0 atom stereocenters. The first-order valence-electron chi connectivity index (χ1n) is 4.49. The molecule has 0 aliphatic heterocycles. The second-order valence-corrected chi connectivity index (χ2v) is 4.34. The number of hydrogen-bond donors (Lipinski definition) is 1. The molecule has 0 aromatic carbocycles. The van der Waals surface area contributed by atoms with E-state index in [1.165, 1.54) is 0 Å². The van der Waals surface area contributed by atoms with E-state index in [0.717, 1.165) is 31.0 Å². The van der Waals surface area contributed by atoms with Crippen LogP contribution in [0.1, 0.15) is 18.7 Å². The molecular weight excluding hydrogens is 264 g/mol. The number of rotatable bonds is 4. The fourth-order valence-corrected chi connectivity index (χ4v) is 1.74. The summed E-state index contributed by atoms with van der Waals surface area (Å²) in [4.78, 5) is 15.8. The van der Waals surface area contributed by atoms with Crippen molar-refractivity contribution in [3.8, 4) is 0 Å². The SMILES string of the molecule is Cc1ncc(Br)c(=O)n1CCCCS. The van der Waals surface area contributed by atoms with Gasteiger partial charge in [0.15, 0.2) is 0 Å². The van der Waals surface area contributed by atoms with Gasteiger partial charge in [-0.3, -0.25) is 9.36 Å². The van der Waals surface area contributed by atoms with Gasteiger partial charge in [0.05, 0.1) is 0 Å². The summed E-state index contributed by atoms with van der Waals surface area (Å²) in [6, 6.07) is 0. The van der Waals surface area contributed by atoms with Crippen LogP contribution in [0, 0.1) is 6.92 Å². The summed E-state index contributed by atoms with van der Waals surface area (Å²) in [5.74, 6) is 1.62. The van der Waals surface area contributed by atoms with Crippen molar-refractivity contribution < 1.29 is 0 Å². The first-order valence-corrected chi connectivity index (χ1v) is 5.92. The predicted octanol–water partition coefficient (Wildman–Crippen LogP) is 2.02. The zero-order chi connectivity index (χ0) is 10.6. The highest BCUT2D eigenvalue weighted by Crippen LogP contribution is 2.03. The third-order valence-corrected chi connectivity index (χ3v) is 2.85. The molecule has 1 heterocycles.